The molecular weight excluding hydrogens is 294 g/mol. The second-order valence-electron chi connectivity index (χ2n) is 5.07. The summed E-state index contributed by atoms with van der Waals surface area (Å²) in [5, 5.41) is 4.42. The third kappa shape index (κ3) is 2.67. The summed E-state index contributed by atoms with van der Waals surface area (Å²) in [5.74, 6) is 0.450. The van der Waals surface area contributed by atoms with Gasteiger partial charge in [0.2, 0.25) is 0 Å². The second kappa shape index (κ2) is 5.53. The highest BCUT2D eigenvalue weighted by Crippen LogP contribution is 2.28. The van der Waals surface area contributed by atoms with Crippen LogP contribution in [-0.4, -0.2) is 21.6 Å². The van der Waals surface area contributed by atoms with Crippen molar-refractivity contribution in [3.63, 3.8) is 0 Å². The van der Waals surface area contributed by atoms with Crippen LogP contribution in [-0.2, 0) is 17.8 Å². The number of carbonyl (C=O) groups is 1. The normalized spacial score (nSPS) is 23.6. The van der Waals surface area contributed by atoms with Gasteiger partial charge in [0, 0.05) is 24.9 Å². The third-order valence-electron chi connectivity index (χ3n) is 3.72. The Hall–Kier alpha value is -0.680. The third-order valence-corrected chi connectivity index (χ3v) is 4.75. The topological polar surface area (TPSA) is 60.9 Å². The summed E-state index contributed by atoms with van der Waals surface area (Å²) >= 11 is 3.53. The molecule has 2 unspecified atom stereocenters. The maximum absolute atomic E-state index is 12.3. The molecule has 2 atom stereocenters. The van der Waals surface area contributed by atoms with E-state index < -0.39 is 0 Å². The number of carbonyl (C=O) groups excluding carboxylic acids is 1. The Morgan fingerprint density at radius 2 is 2.28 bits per heavy atom. The molecule has 2 N–H and O–H groups in total. The van der Waals surface area contributed by atoms with E-state index in [1.165, 1.54) is 0 Å². The summed E-state index contributed by atoms with van der Waals surface area (Å²) in [4.78, 5) is 12.3. The number of rotatable bonds is 4. The highest BCUT2D eigenvalue weighted by molar-refractivity contribution is 9.10. The number of aryl methyl sites for hydroxylation is 2. The summed E-state index contributed by atoms with van der Waals surface area (Å²) in [7, 11) is 0. The second-order valence-corrected chi connectivity index (χ2v) is 5.87. The lowest BCUT2D eigenvalue weighted by Crippen LogP contribution is -2.20. The van der Waals surface area contributed by atoms with Crippen molar-refractivity contribution in [2.24, 2.45) is 11.7 Å². The van der Waals surface area contributed by atoms with E-state index in [9.17, 15) is 4.79 Å². The molecule has 1 fully saturated rings. The Balaban J connectivity index is 2.11. The van der Waals surface area contributed by atoms with Gasteiger partial charge in [-0.3, -0.25) is 9.48 Å². The van der Waals surface area contributed by atoms with Gasteiger partial charge in [-0.2, -0.15) is 5.10 Å². The molecule has 1 saturated carbocycles. The predicted octanol–water partition coefficient (Wildman–Crippen LogP) is 2.21. The van der Waals surface area contributed by atoms with Crippen LogP contribution in [0.2, 0.25) is 0 Å². The summed E-state index contributed by atoms with van der Waals surface area (Å²) < 4.78 is 2.88. The minimum atomic E-state index is 0.146. The first kappa shape index (κ1) is 13.7. The van der Waals surface area contributed by atoms with Crippen LogP contribution >= 0.6 is 15.9 Å². The average molecular weight is 314 g/mol. The first-order valence-electron chi connectivity index (χ1n) is 6.53. The molecule has 0 aromatic carbocycles. The van der Waals surface area contributed by atoms with Crippen LogP contribution in [0, 0.1) is 12.8 Å². The monoisotopic (exact) mass is 313 g/mol. The van der Waals surface area contributed by atoms with E-state index in [0.717, 1.165) is 41.7 Å². The Morgan fingerprint density at radius 1 is 1.56 bits per heavy atom. The van der Waals surface area contributed by atoms with Crippen molar-refractivity contribution in [3.8, 4) is 0 Å². The zero-order valence-corrected chi connectivity index (χ0v) is 12.5. The van der Waals surface area contributed by atoms with Gasteiger partial charge in [-0.05, 0) is 49.0 Å². The molecule has 0 aliphatic heterocycles. The Labute approximate surface area is 116 Å². The highest BCUT2D eigenvalue weighted by atomic mass is 79.9. The zero-order chi connectivity index (χ0) is 13.3. The highest BCUT2D eigenvalue weighted by Gasteiger charge is 2.28. The minimum Gasteiger partial charge on any atom is -0.328 e. The quantitative estimate of drug-likeness (QED) is 0.927. The Kier molecular flexibility index (Phi) is 4.22. The van der Waals surface area contributed by atoms with E-state index in [0.29, 0.717) is 12.2 Å². The van der Waals surface area contributed by atoms with E-state index in [1.54, 1.807) is 0 Å². The molecule has 5 heteroatoms. The lowest BCUT2D eigenvalue weighted by atomic mass is 9.98. The molecule has 1 aromatic rings. The number of ketones is 1. The standard InChI is InChI=1S/C13H20BrN3O/c1-3-17-11(13(14)8(2)16-17)7-12(18)9-4-5-10(15)6-9/h9-10H,3-7,15H2,1-2H3. The van der Waals surface area contributed by atoms with Crippen molar-refractivity contribution in [1.29, 1.82) is 0 Å². The summed E-state index contributed by atoms with van der Waals surface area (Å²) in [6, 6.07) is 0.209. The Morgan fingerprint density at radius 3 is 2.83 bits per heavy atom. The number of hydrogen-bond acceptors (Lipinski definition) is 3. The first-order valence-corrected chi connectivity index (χ1v) is 7.32. The molecule has 2 rings (SSSR count). The van der Waals surface area contributed by atoms with Crippen molar-refractivity contribution in [3.05, 3.63) is 15.9 Å². The molecule has 1 aliphatic carbocycles. The minimum absolute atomic E-state index is 0.146. The number of nitrogens with two attached hydrogens (primary N) is 1. The average Bonchev–Trinajstić information content (AvgIpc) is 2.88. The van der Waals surface area contributed by atoms with Crippen LogP contribution in [0.1, 0.15) is 37.6 Å². The van der Waals surface area contributed by atoms with Gasteiger partial charge in [0.1, 0.15) is 5.78 Å². The molecule has 1 aromatic heterocycles. The maximum Gasteiger partial charge on any atom is 0.141 e. The lowest BCUT2D eigenvalue weighted by Gasteiger charge is -2.10. The molecule has 0 spiro atoms. The van der Waals surface area contributed by atoms with Crippen molar-refractivity contribution in [2.45, 2.75) is 52.1 Å². The van der Waals surface area contributed by atoms with Gasteiger partial charge >= 0.3 is 0 Å². The van der Waals surface area contributed by atoms with E-state index >= 15 is 0 Å². The molecule has 0 amide bonds. The van der Waals surface area contributed by atoms with Crippen molar-refractivity contribution in [1.82, 2.24) is 9.78 Å². The summed E-state index contributed by atoms with van der Waals surface area (Å²) in [5.41, 5.74) is 7.81. The van der Waals surface area contributed by atoms with Gasteiger partial charge in [-0.25, -0.2) is 0 Å². The molecule has 1 aliphatic rings. The van der Waals surface area contributed by atoms with Gasteiger partial charge in [-0.15, -0.1) is 0 Å². The van der Waals surface area contributed by atoms with E-state index in [4.69, 9.17) is 5.73 Å². The van der Waals surface area contributed by atoms with Crippen molar-refractivity contribution < 1.29 is 4.79 Å². The smallest absolute Gasteiger partial charge is 0.141 e. The molecule has 18 heavy (non-hydrogen) atoms. The van der Waals surface area contributed by atoms with Gasteiger partial charge in [-0.1, -0.05) is 0 Å². The molecular formula is C13H20BrN3O. The SMILES string of the molecule is CCn1nc(C)c(Br)c1CC(=O)C1CCC(N)C1. The van der Waals surface area contributed by atoms with Crippen molar-refractivity contribution >= 4 is 21.7 Å². The fourth-order valence-electron chi connectivity index (χ4n) is 2.66. The van der Waals surface area contributed by atoms with Crippen molar-refractivity contribution in [2.75, 3.05) is 0 Å². The number of hydrogen-bond donors (Lipinski definition) is 1. The van der Waals surface area contributed by atoms with Gasteiger partial charge < -0.3 is 5.73 Å². The molecule has 0 radical (unpaired) electrons. The van der Waals surface area contributed by atoms with Crippen LogP contribution in [0.15, 0.2) is 4.47 Å². The van der Waals surface area contributed by atoms with Gasteiger partial charge in [0.15, 0.2) is 0 Å². The summed E-state index contributed by atoms with van der Waals surface area (Å²) in [6.45, 7) is 4.78. The number of halogens is 1. The van der Waals surface area contributed by atoms with E-state index in [2.05, 4.69) is 21.0 Å². The number of aromatic nitrogens is 2. The van der Waals surface area contributed by atoms with Gasteiger partial charge in [0.05, 0.1) is 15.9 Å². The van der Waals surface area contributed by atoms with E-state index in [1.807, 2.05) is 18.5 Å². The number of nitrogens with zero attached hydrogens (tertiary/aromatic N) is 2. The molecule has 0 bridgehead atoms. The zero-order valence-electron chi connectivity index (χ0n) is 10.9. The lowest BCUT2D eigenvalue weighted by molar-refractivity contribution is -0.122. The molecule has 1 heterocycles. The van der Waals surface area contributed by atoms with E-state index in [-0.39, 0.29) is 12.0 Å². The van der Waals surface area contributed by atoms with Crippen LogP contribution in [0.25, 0.3) is 0 Å². The maximum atomic E-state index is 12.3. The summed E-state index contributed by atoms with van der Waals surface area (Å²) in [6.07, 6.45) is 3.23. The first-order chi connectivity index (χ1) is 8.52. The molecule has 0 saturated heterocycles. The van der Waals surface area contributed by atoms with Crippen LogP contribution < -0.4 is 5.73 Å². The van der Waals surface area contributed by atoms with Crippen LogP contribution in [0.5, 0.6) is 0 Å². The molecule has 100 valence electrons. The van der Waals surface area contributed by atoms with Crippen LogP contribution in [0.4, 0.5) is 0 Å². The molecule has 4 nitrogen and oxygen atoms in total. The number of Topliss-reactive ketones (excluding diaryl/α,β-unsaturated/α-hetero) is 1. The predicted molar refractivity (Wildman–Crippen MR) is 74.4 cm³/mol. The largest absolute Gasteiger partial charge is 0.328 e. The van der Waals surface area contributed by atoms with Crippen LogP contribution in [0.3, 0.4) is 0 Å². The van der Waals surface area contributed by atoms with Gasteiger partial charge in [0.25, 0.3) is 0 Å². The fourth-order valence-corrected chi connectivity index (χ4v) is 3.08. The fraction of sp³-hybridized carbons (Fsp3) is 0.692. The Bertz CT molecular complexity index is 455.